The highest BCUT2D eigenvalue weighted by Gasteiger charge is 2.32. The summed E-state index contributed by atoms with van der Waals surface area (Å²) in [5.41, 5.74) is 0.129. The molecule has 12 heteroatoms. The Hall–Kier alpha value is -1.72. The number of halogens is 2. The molecule has 2 aliphatic heterocycles. The Morgan fingerprint density at radius 2 is 1.94 bits per heavy atom. The van der Waals surface area contributed by atoms with E-state index < -0.39 is 10.0 Å². The molecule has 2 aromatic heterocycles. The Morgan fingerprint density at radius 1 is 1.16 bits per heavy atom. The van der Waals surface area contributed by atoms with Crippen molar-refractivity contribution < 1.29 is 13.2 Å². The van der Waals surface area contributed by atoms with E-state index in [-0.39, 0.29) is 34.7 Å². The zero-order valence-electron chi connectivity index (χ0n) is 17.4. The quantitative estimate of drug-likeness (QED) is 0.648. The molecule has 1 atom stereocenters. The first-order chi connectivity index (χ1) is 15.4. The fraction of sp³-hybridized carbons (Fsp3) is 0.550. The molecule has 0 aromatic carbocycles. The van der Waals surface area contributed by atoms with Crippen LogP contribution in [0.3, 0.4) is 0 Å². The van der Waals surface area contributed by atoms with E-state index in [4.69, 9.17) is 27.9 Å². The summed E-state index contributed by atoms with van der Waals surface area (Å²) in [5, 5.41) is 7.94. The lowest BCUT2D eigenvalue weighted by atomic mass is 10.0. The summed E-state index contributed by atoms with van der Waals surface area (Å²) in [4.78, 5) is 16.7. The molecule has 9 nitrogen and oxygen atoms in total. The van der Waals surface area contributed by atoms with Gasteiger partial charge in [-0.2, -0.15) is 9.40 Å². The predicted molar refractivity (Wildman–Crippen MR) is 122 cm³/mol. The first kappa shape index (κ1) is 23.4. The van der Waals surface area contributed by atoms with Gasteiger partial charge in [0.15, 0.2) is 5.03 Å². The van der Waals surface area contributed by atoms with Gasteiger partial charge in [0.25, 0.3) is 15.6 Å². The Bertz CT molecular complexity index is 1100. The second kappa shape index (κ2) is 10.0. The number of nitrogens with one attached hydrogen (secondary N) is 1. The van der Waals surface area contributed by atoms with Gasteiger partial charge in [0.2, 0.25) is 0 Å². The Morgan fingerprint density at radius 3 is 2.59 bits per heavy atom. The Kier molecular flexibility index (Phi) is 7.36. The van der Waals surface area contributed by atoms with Crippen molar-refractivity contribution in [1.82, 2.24) is 19.1 Å². The zero-order chi connectivity index (χ0) is 22.7. The van der Waals surface area contributed by atoms with Crippen LogP contribution in [0.15, 0.2) is 34.3 Å². The average molecular weight is 502 g/mol. The molecule has 2 aromatic rings. The molecule has 0 unspecified atom stereocenters. The molecular formula is C20H25Cl2N5O4S. The number of pyridine rings is 1. The van der Waals surface area contributed by atoms with Crippen molar-refractivity contribution in [3.05, 3.63) is 44.9 Å². The molecule has 0 saturated carbocycles. The van der Waals surface area contributed by atoms with Crippen molar-refractivity contribution in [2.24, 2.45) is 5.92 Å². The monoisotopic (exact) mass is 501 g/mol. The van der Waals surface area contributed by atoms with Gasteiger partial charge in [-0.05, 0) is 43.7 Å². The van der Waals surface area contributed by atoms with Crippen molar-refractivity contribution in [3.8, 4) is 0 Å². The summed E-state index contributed by atoms with van der Waals surface area (Å²) in [6.45, 7) is 2.67. The highest BCUT2D eigenvalue weighted by Crippen LogP contribution is 2.27. The summed E-state index contributed by atoms with van der Waals surface area (Å²) < 4.78 is 33.8. The third-order valence-corrected chi connectivity index (χ3v) is 8.26. The van der Waals surface area contributed by atoms with Gasteiger partial charge in [-0.15, -0.1) is 0 Å². The van der Waals surface area contributed by atoms with Gasteiger partial charge < -0.3 is 10.1 Å². The number of sulfonamides is 1. The predicted octanol–water partition coefficient (Wildman–Crippen LogP) is 2.81. The van der Waals surface area contributed by atoms with Crippen molar-refractivity contribution in [2.45, 2.75) is 36.8 Å². The van der Waals surface area contributed by atoms with Crippen molar-refractivity contribution in [1.29, 1.82) is 0 Å². The number of piperidine rings is 1. The minimum Gasteiger partial charge on any atom is -0.382 e. The maximum atomic E-state index is 12.8. The van der Waals surface area contributed by atoms with Crippen LogP contribution >= 0.6 is 23.2 Å². The molecule has 0 bridgehead atoms. The SMILES string of the molecule is O=c1c(Cl)c(NC[C@@H]2CCCOC2)cnn1C1CCN(S(=O)(=O)c2ccc(Cl)cn2)CC1. The summed E-state index contributed by atoms with van der Waals surface area (Å²) in [7, 11) is -3.72. The lowest BCUT2D eigenvalue weighted by Gasteiger charge is -2.31. The summed E-state index contributed by atoms with van der Waals surface area (Å²) in [6, 6.07) is 2.66. The van der Waals surface area contributed by atoms with E-state index >= 15 is 0 Å². The van der Waals surface area contributed by atoms with Crippen LogP contribution in [0.4, 0.5) is 5.69 Å². The highest BCUT2D eigenvalue weighted by molar-refractivity contribution is 7.89. The van der Waals surface area contributed by atoms with Crippen LogP contribution in [0.2, 0.25) is 10.0 Å². The van der Waals surface area contributed by atoms with Crippen LogP contribution in [0, 0.1) is 5.92 Å². The average Bonchev–Trinajstić information content (AvgIpc) is 2.81. The maximum absolute atomic E-state index is 12.8. The number of rotatable bonds is 6. The fourth-order valence-electron chi connectivity index (χ4n) is 4.03. The van der Waals surface area contributed by atoms with Crippen LogP contribution < -0.4 is 10.9 Å². The molecule has 0 radical (unpaired) electrons. The Balaban J connectivity index is 1.40. The van der Waals surface area contributed by atoms with Crippen LogP contribution in [-0.2, 0) is 14.8 Å². The standard InChI is InChI=1S/C20H25Cl2N5O4S/c21-15-3-4-18(24-11-15)32(29,30)26-7-5-16(6-8-26)27-20(28)19(22)17(12-25-27)23-10-14-2-1-9-31-13-14/h3-4,11-12,14,16,23H,1-2,5-10,13H2/t14-/m0/s1. The molecule has 174 valence electrons. The number of hydrogen-bond donors (Lipinski definition) is 1. The minimum absolute atomic E-state index is 0.0440. The van der Waals surface area contributed by atoms with E-state index in [1.165, 1.54) is 27.3 Å². The third-order valence-electron chi connectivity index (χ3n) is 5.85. The van der Waals surface area contributed by atoms with Crippen LogP contribution in [0.1, 0.15) is 31.7 Å². The summed E-state index contributed by atoms with van der Waals surface area (Å²) in [6.07, 6.45) is 5.87. The van der Waals surface area contributed by atoms with Gasteiger partial charge in [-0.3, -0.25) is 4.79 Å². The minimum atomic E-state index is -3.72. The smallest absolute Gasteiger partial charge is 0.287 e. The first-order valence-corrected chi connectivity index (χ1v) is 12.8. The van der Waals surface area contributed by atoms with Gasteiger partial charge in [0.05, 0.1) is 29.6 Å². The lowest BCUT2D eigenvalue weighted by Crippen LogP contribution is -2.41. The first-order valence-electron chi connectivity index (χ1n) is 10.6. The van der Waals surface area contributed by atoms with E-state index in [2.05, 4.69) is 15.4 Å². The van der Waals surface area contributed by atoms with E-state index in [9.17, 15) is 13.2 Å². The van der Waals surface area contributed by atoms with Gasteiger partial charge in [0, 0.05) is 32.4 Å². The molecule has 4 heterocycles. The van der Waals surface area contributed by atoms with Crippen molar-refractivity contribution in [3.63, 3.8) is 0 Å². The zero-order valence-corrected chi connectivity index (χ0v) is 19.7. The Labute approximate surface area is 196 Å². The van der Waals surface area contributed by atoms with Crippen molar-refractivity contribution in [2.75, 3.05) is 38.2 Å². The van der Waals surface area contributed by atoms with Crippen molar-refractivity contribution >= 4 is 38.9 Å². The molecule has 0 spiro atoms. The molecular weight excluding hydrogens is 477 g/mol. The van der Waals surface area contributed by atoms with E-state index in [1.54, 1.807) is 6.20 Å². The number of anilines is 1. The van der Waals surface area contributed by atoms with E-state index in [0.29, 0.717) is 42.6 Å². The molecule has 2 fully saturated rings. The summed E-state index contributed by atoms with van der Waals surface area (Å²) >= 11 is 12.1. The molecule has 2 aliphatic rings. The molecule has 2 saturated heterocycles. The second-order valence-electron chi connectivity index (χ2n) is 8.04. The lowest BCUT2D eigenvalue weighted by molar-refractivity contribution is 0.0595. The molecule has 0 amide bonds. The number of aromatic nitrogens is 3. The number of hydrogen-bond acceptors (Lipinski definition) is 7. The highest BCUT2D eigenvalue weighted by atomic mass is 35.5. The largest absolute Gasteiger partial charge is 0.382 e. The topological polar surface area (TPSA) is 106 Å². The fourth-order valence-corrected chi connectivity index (χ4v) is 5.72. The summed E-state index contributed by atoms with van der Waals surface area (Å²) in [5.74, 6) is 0.378. The maximum Gasteiger partial charge on any atom is 0.287 e. The molecule has 4 rings (SSSR count). The van der Waals surface area contributed by atoms with Gasteiger partial charge in [-0.1, -0.05) is 23.2 Å². The van der Waals surface area contributed by atoms with E-state index in [0.717, 1.165) is 19.4 Å². The second-order valence-corrected chi connectivity index (χ2v) is 10.7. The molecule has 32 heavy (non-hydrogen) atoms. The molecule has 1 N–H and O–H groups in total. The van der Waals surface area contributed by atoms with E-state index in [1.807, 2.05) is 0 Å². The third kappa shape index (κ3) is 5.09. The van der Waals surface area contributed by atoms with Crippen LogP contribution in [0.5, 0.6) is 0 Å². The van der Waals surface area contributed by atoms with Gasteiger partial charge in [-0.25, -0.2) is 18.1 Å². The number of ether oxygens (including phenoxy) is 1. The van der Waals surface area contributed by atoms with Crippen LogP contribution in [-0.4, -0.2) is 60.3 Å². The molecule has 0 aliphatic carbocycles. The van der Waals surface area contributed by atoms with Gasteiger partial charge >= 0.3 is 0 Å². The van der Waals surface area contributed by atoms with Crippen LogP contribution in [0.25, 0.3) is 0 Å². The van der Waals surface area contributed by atoms with Gasteiger partial charge in [0.1, 0.15) is 5.02 Å². The number of nitrogens with zero attached hydrogens (tertiary/aromatic N) is 4. The normalized spacial score (nSPS) is 20.9.